The van der Waals surface area contributed by atoms with Crippen LogP contribution in [0.2, 0.25) is 0 Å². The van der Waals surface area contributed by atoms with Crippen LogP contribution in [0.25, 0.3) is 0 Å². The Morgan fingerprint density at radius 3 is 2.50 bits per heavy atom. The minimum atomic E-state index is -0.0442. The maximum Gasteiger partial charge on any atom is 0.138 e. The summed E-state index contributed by atoms with van der Waals surface area (Å²) in [7, 11) is 4.08. The van der Waals surface area contributed by atoms with Gasteiger partial charge >= 0.3 is 0 Å². The lowest BCUT2D eigenvalue weighted by molar-refractivity contribution is 0.274. The molecule has 2 rings (SSSR count). The molecule has 0 aromatic carbocycles. The van der Waals surface area contributed by atoms with Crippen molar-refractivity contribution < 1.29 is 0 Å². The van der Waals surface area contributed by atoms with Crippen molar-refractivity contribution in [3.05, 3.63) is 11.9 Å². The summed E-state index contributed by atoms with van der Waals surface area (Å²) in [6.07, 6.45) is 0. The van der Waals surface area contributed by atoms with Crippen LogP contribution in [-0.2, 0) is 5.41 Å². The Morgan fingerprint density at radius 2 is 1.95 bits per heavy atom. The lowest BCUT2D eigenvalue weighted by atomic mass is 9.95. The number of likely N-dealkylation sites (N-methyl/N-ethyl adjacent to an activating group) is 1. The second-order valence-corrected chi connectivity index (χ2v) is 6.74. The van der Waals surface area contributed by atoms with Gasteiger partial charge in [0, 0.05) is 44.2 Å². The molecule has 0 saturated carbocycles. The van der Waals surface area contributed by atoms with E-state index in [9.17, 15) is 0 Å². The standard InChI is InChI=1S/C15H27N5/c1-11-10-19(6)7-8-20(11)13-9-12(16-5)17-14(18-13)15(2,3)4/h9,11H,7-8,10H2,1-6H3,(H,16,17,18). The number of hydrogen-bond acceptors (Lipinski definition) is 5. The molecule has 1 aliphatic heterocycles. The number of aromatic nitrogens is 2. The van der Waals surface area contributed by atoms with Crippen molar-refractivity contribution in [2.24, 2.45) is 0 Å². The molecule has 0 amide bonds. The van der Waals surface area contributed by atoms with Gasteiger partial charge in [-0.15, -0.1) is 0 Å². The van der Waals surface area contributed by atoms with Crippen molar-refractivity contribution >= 4 is 11.6 Å². The van der Waals surface area contributed by atoms with Gasteiger partial charge < -0.3 is 15.1 Å². The van der Waals surface area contributed by atoms with E-state index < -0.39 is 0 Å². The van der Waals surface area contributed by atoms with Crippen LogP contribution in [0, 0.1) is 0 Å². The first kappa shape index (κ1) is 15.0. The van der Waals surface area contributed by atoms with E-state index in [1.807, 2.05) is 7.05 Å². The Bertz CT molecular complexity index is 466. The van der Waals surface area contributed by atoms with Crippen molar-refractivity contribution in [1.29, 1.82) is 0 Å². The summed E-state index contributed by atoms with van der Waals surface area (Å²) < 4.78 is 0. The van der Waals surface area contributed by atoms with Crippen LogP contribution in [0.3, 0.4) is 0 Å². The maximum atomic E-state index is 4.81. The third kappa shape index (κ3) is 3.20. The van der Waals surface area contributed by atoms with Gasteiger partial charge in [0.05, 0.1) is 0 Å². The van der Waals surface area contributed by atoms with Gasteiger partial charge in [0.2, 0.25) is 0 Å². The molecule has 20 heavy (non-hydrogen) atoms. The van der Waals surface area contributed by atoms with Crippen molar-refractivity contribution in [2.45, 2.75) is 39.2 Å². The molecule has 1 aromatic rings. The van der Waals surface area contributed by atoms with E-state index in [4.69, 9.17) is 4.98 Å². The van der Waals surface area contributed by atoms with E-state index in [2.05, 4.69) is 60.9 Å². The zero-order valence-corrected chi connectivity index (χ0v) is 13.6. The summed E-state index contributed by atoms with van der Waals surface area (Å²) in [4.78, 5) is 14.2. The molecule has 112 valence electrons. The first-order valence-corrected chi connectivity index (χ1v) is 7.34. The average molecular weight is 277 g/mol. The number of nitrogens with one attached hydrogen (secondary N) is 1. The molecule has 1 aromatic heterocycles. The third-order valence-electron chi connectivity index (χ3n) is 3.76. The molecular weight excluding hydrogens is 250 g/mol. The van der Waals surface area contributed by atoms with Crippen molar-refractivity contribution in [1.82, 2.24) is 14.9 Å². The van der Waals surface area contributed by atoms with Crippen LogP contribution < -0.4 is 10.2 Å². The third-order valence-corrected chi connectivity index (χ3v) is 3.76. The van der Waals surface area contributed by atoms with E-state index in [0.717, 1.165) is 37.1 Å². The minimum absolute atomic E-state index is 0.0442. The number of nitrogens with zero attached hydrogens (tertiary/aromatic N) is 4. The first-order valence-electron chi connectivity index (χ1n) is 7.34. The van der Waals surface area contributed by atoms with E-state index in [-0.39, 0.29) is 5.41 Å². The fourth-order valence-corrected chi connectivity index (χ4v) is 2.53. The summed E-state index contributed by atoms with van der Waals surface area (Å²) in [5.41, 5.74) is -0.0442. The largest absolute Gasteiger partial charge is 0.373 e. The number of piperazine rings is 1. The molecule has 0 spiro atoms. The first-order chi connectivity index (χ1) is 9.31. The second kappa shape index (κ2) is 5.56. The molecule has 0 bridgehead atoms. The Hall–Kier alpha value is -1.36. The van der Waals surface area contributed by atoms with Crippen molar-refractivity contribution in [3.63, 3.8) is 0 Å². The summed E-state index contributed by atoms with van der Waals surface area (Å²) in [6, 6.07) is 2.53. The van der Waals surface area contributed by atoms with Gasteiger partial charge in [0.1, 0.15) is 17.5 Å². The fraction of sp³-hybridized carbons (Fsp3) is 0.733. The number of hydrogen-bond donors (Lipinski definition) is 1. The molecule has 1 atom stereocenters. The predicted octanol–water partition coefficient (Wildman–Crippen LogP) is 1.96. The molecule has 0 radical (unpaired) electrons. The average Bonchev–Trinajstić information content (AvgIpc) is 2.37. The molecule has 1 aliphatic rings. The van der Waals surface area contributed by atoms with Crippen LogP contribution in [0.15, 0.2) is 6.07 Å². The van der Waals surface area contributed by atoms with Gasteiger partial charge in [-0.1, -0.05) is 20.8 Å². The molecule has 2 heterocycles. The summed E-state index contributed by atoms with van der Waals surface area (Å²) in [5, 5.41) is 3.15. The Labute approximate surface area is 122 Å². The zero-order valence-electron chi connectivity index (χ0n) is 13.6. The van der Waals surface area contributed by atoms with Gasteiger partial charge in [-0.25, -0.2) is 9.97 Å². The van der Waals surface area contributed by atoms with Gasteiger partial charge in [-0.05, 0) is 14.0 Å². The molecule has 1 unspecified atom stereocenters. The van der Waals surface area contributed by atoms with Crippen molar-refractivity contribution in [3.8, 4) is 0 Å². The van der Waals surface area contributed by atoms with Gasteiger partial charge in [-0.2, -0.15) is 0 Å². The number of rotatable bonds is 2. The highest BCUT2D eigenvalue weighted by molar-refractivity contribution is 5.50. The van der Waals surface area contributed by atoms with Gasteiger partial charge in [-0.3, -0.25) is 0 Å². The van der Waals surface area contributed by atoms with Gasteiger partial charge in [0.25, 0.3) is 0 Å². The Morgan fingerprint density at radius 1 is 1.25 bits per heavy atom. The van der Waals surface area contributed by atoms with Crippen LogP contribution in [0.4, 0.5) is 11.6 Å². The topological polar surface area (TPSA) is 44.3 Å². The molecule has 5 nitrogen and oxygen atoms in total. The number of anilines is 2. The molecule has 1 N–H and O–H groups in total. The fourth-order valence-electron chi connectivity index (χ4n) is 2.53. The highest BCUT2D eigenvalue weighted by atomic mass is 15.3. The molecular formula is C15H27N5. The molecule has 5 heteroatoms. The van der Waals surface area contributed by atoms with Gasteiger partial charge in [0.15, 0.2) is 0 Å². The predicted molar refractivity (Wildman–Crippen MR) is 84.6 cm³/mol. The van der Waals surface area contributed by atoms with Crippen molar-refractivity contribution in [2.75, 3.05) is 43.9 Å². The van der Waals surface area contributed by atoms with Crippen LogP contribution in [-0.4, -0.2) is 54.6 Å². The van der Waals surface area contributed by atoms with Crippen LogP contribution >= 0.6 is 0 Å². The van der Waals surface area contributed by atoms with Crippen LogP contribution in [0.5, 0.6) is 0 Å². The van der Waals surface area contributed by atoms with E-state index >= 15 is 0 Å². The highest BCUT2D eigenvalue weighted by Crippen LogP contribution is 2.25. The highest BCUT2D eigenvalue weighted by Gasteiger charge is 2.25. The summed E-state index contributed by atoms with van der Waals surface area (Å²) >= 11 is 0. The normalized spacial score (nSPS) is 21.1. The second-order valence-electron chi connectivity index (χ2n) is 6.74. The molecule has 0 aliphatic carbocycles. The smallest absolute Gasteiger partial charge is 0.138 e. The van der Waals surface area contributed by atoms with Crippen LogP contribution in [0.1, 0.15) is 33.5 Å². The summed E-state index contributed by atoms with van der Waals surface area (Å²) in [6.45, 7) is 11.9. The van der Waals surface area contributed by atoms with E-state index in [0.29, 0.717) is 6.04 Å². The molecule has 1 fully saturated rings. The zero-order chi connectivity index (χ0) is 14.9. The lowest BCUT2D eigenvalue weighted by Gasteiger charge is -2.39. The van der Waals surface area contributed by atoms with E-state index in [1.54, 1.807) is 0 Å². The molecule has 1 saturated heterocycles. The monoisotopic (exact) mass is 277 g/mol. The Balaban J connectivity index is 2.36. The SMILES string of the molecule is CNc1cc(N2CCN(C)CC2C)nc(C(C)(C)C)n1. The lowest BCUT2D eigenvalue weighted by Crippen LogP contribution is -2.51. The Kier molecular flexibility index (Phi) is 4.18. The summed E-state index contributed by atoms with van der Waals surface area (Å²) in [5.74, 6) is 2.83. The minimum Gasteiger partial charge on any atom is -0.373 e. The van der Waals surface area contributed by atoms with E-state index in [1.165, 1.54) is 0 Å². The maximum absolute atomic E-state index is 4.81. The quantitative estimate of drug-likeness (QED) is 0.895.